The number of amides is 2. The van der Waals surface area contributed by atoms with E-state index in [2.05, 4.69) is 5.32 Å². The van der Waals surface area contributed by atoms with Gasteiger partial charge in [0, 0.05) is 26.9 Å². The lowest BCUT2D eigenvalue weighted by Crippen LogP contribution is -2.55. The highest BCUT2D eigenvalue weighted by Gasteiger charge is 2.52. The number of carbonyl (C=O) groups is 3. The first-order chi connectivity index (χ1) is 10.4. The molecule has 0 aliphatic carbocycles. The number of nitrogens with one attached hydrogen (secondary N) is 1. The first-order valence-corrected chi connectivity index (χ1v) is 7.09. The summed E-state index contributed by atoms with van der Waals surface area (Å²) >= 11 is 0. The van der Waals surface area contributed by atoms with Gasteiger partial charge in [0.05, 0.1) is 6.61 Å². The van der Waals surface area contributed by atoms with Crippen LogP contribution in [0.4, 0.5) is 4.79 Å². The summed E-state index contributed by atoms with van der Waals surface area (Å²) in [5.41, 5.74) is 0. The van der Waals surface area contributed by atoms with Gasteiger partial charge in [-0.15, -0.1) is 0 Å². The van der Waals surface area contributed by atoms with E-state index in [0.717, 1.165) is 0 Å². The lowest BCUT2D eigenvalue weighted by molar-refractivity contribution is -0.166. The highest BCUT2D eigenvalue weighted by Crippen LogP contribution is 2.30. The molecule has 2 aliphatic heterocycles. The lowest BCUT2D eigenvalue weighted by atomic mass is 10.1. The quantitative estimate of drug-likeness (QED) is 0.638. The van der Waals surface area contributed by atoms with Gasteiger partial charge in [-0.3, -0.25) is 14.5 Å². The van der Waals surface area contributed by atoms with Crippen LogP contribution in [0.15, 0.2) is 0 Å². The second kappa shape index (κ2) is 6.93. The summed E-state index contributed by atoms with van der Waals surface area (Å²) in [4.78, 5) is 35.9. The average Bonchev–Trinajstić information content (AvgIpc) is 2.76. The first-order valence-electron chi connectivity index (χ1n) is 7.09. The molecule has 2 fully saturated rings. The van der Waals surface area contributed by atoms with Crippen LogP contribution in [-0.4, -0.2) is 72.2 Å². The molecule has 9 heteroatoms. The molecule has 0 spiro atoms. The van der Waals surface area contributed by atoms with E-state index in [1.807, 2.05) is 0 Å². The molecule has 0 bridgehead atoms. The van der Waals surface area contributed by atoms with Gasteiger partial charge in [-0.1, -0.05) is 0 Å². The van der Waals surface area contributed by atoms with Crippen LogP contribution < -0.4 is 5.32 Å². The molecule has 2 amide bonds. The van der Waals surface area contributed by atoms with Gasteiger partial charge in [0.25, 0.3) is 0 Å². The van der Waals surface area contributed by atoms with Crippen LogP contribution in [0.1, 0.15) is 20.3 Å². The smallest absolute Gasteiger partial charge is 0.319 e. The second-order valence-corrected chi connectivity index (χ2v) is 5.17. The van der Waals surface area contributed by atoms with Crippen LogP contribution in [0, 0.1) is 0 Å². The molecular formula is C13H20N2O7. The number of aliphatic hydroxyl groups excluding tert-OH is 1. The minimum atomic E-state index is -0.984. The third-order valence-electron chi connectivity index (χ3n) is 3.49. The third kappa shape index (κ3) is 3.47. The maximum absolute atomic E-state index is 12.0. The third-order valence-corrected chi connectivity index (χ3v) is 3.49. The van der Waals surface area contributed by atoms with Crippen molar-refractivity contribution in [2.75, 3.05) is 19.7 Å². The zero-order valence-electron chi connectivity index (χ0n) is 12.5. The number of carbonyl (C=O) groups excluding carboxylic acids is 3. The van der Waals surface area contributed by atoms with Gasteiger partial charge in [0.15, 0.2) is 18.4 Å². The monoisotopic (exact) mass is 316 g/mol. The molecule has 4 atom stereocenters. The molecule has 9 nitrogen and oxygen atoms in total. The van der Waals surface area contributed by atoms with Crippen molar-refractivity contribution in [1.29, 1.82) is 0 Å². The normalized spacial score (nSPS) is 31.6. The SMILES string of the molecule is CC(=O)O[C@H]1[C@H](OC(C)=O)[C@@H](CO)O[C@H]1N1CCCNC1=O. The van der Waals surface area contributed by atoms with Gasteiger partial charge in [-0.25, -0.2) is 4.79 Å². The molecule has 0 unspecified atom stereocenters. The Labute approximate surface area is 127 Å². The van der Waals surface area contributed by atoms with Crippen molar-refractivity contribution in [2.24, 2.45) is 0 Å². The fourth-order valence-corrected chi connectivity index (χ4v) is 2.65. The van der Waals surface area contributed by atoms with Gasteiger partial charge < -0.3 is 24.6 Å². The first kappa shape index (κ1) is 16.5. The number of hydrogen-bond acceptors (Lipinski definition) is 7. The van der Waals surface area contributed by atoms with Crippen LogP contribution in [-0.2, 0) is 23.8 Å². The molecule has 0 aromatic carbocycles. The van der Waals surface area contributed by atoms with Gasteiger partial charge in [0.2, 0.25) is 0 Å². The minimum absolute atomic E-state index is 0.353. The van der Waals surface area contributed by atoms with E-state index < -0.39 is 43.1 Å². The average molecular weight is 316 g/mol. The molecule has 22 heavy (non-hydrogen) atoms. The Bertz CT molecular complexity index is 456. The summed E-state index contributed by atoms with van der Waals surface area (Å²) in [5, 5.41) is 12.1. The molecule has 2 heterocycles. The number of ether oxygens (including phenoxy) is 3. The Balaban J connectivity index is 2.24. The molecular weight excluding hydrogens is 296 g/mol. The van der Waals surface area contributed by atoms with Gasteiger partial charge >= 0.3 is 18.0 Å². The zero-order valence-corrected chi connectivity index (χ0v) is 12.5. The number of esters is 2. The minimum Gasteiger partial charge on any atom is -0.456 e. The summed E-state index contributed by atoms with van der Waals surface area (Å²) in [6.07, 6.45) is -3.02. The van der Waals surface area contributed by atoms with Crippen LogP contribution in [0.3, 0.4) is 0 Å². The number of nitrogens with zero attached hydrogens (tertiary/aromatic N) is 1. The summed E-state index contributed by atoms with van der Waals surface area (Å²) in [6, 6.07) is -0.353. The molecule has 0 aromatic rings. The van der Waals surface area contributed by atoms with Crippen molar-refractivity contribution >= 4 is 18.0 Å². The molecule has 0 aromatic heterocycles. The number of hydrogen-bond donors (Lipinski definition) is 2. The van der Waals surface area contributed by atoms with Gasteiger partial charge in [-0.2, -0.15) is 0 Å². The fourth-order valence-electron chi connectivity index (χ4n) is 2.65. The van der Waals surface area contributed by atoms with E-state index in [1.165, 1.54) is 18.7 Å². The summed E-state index contributed by atoms with van der Waals surface area (Å²) in [6.45, 7) is 2.96. The number of aliphatic hydroxyl groups is 1. The highest BCUT2D eigenvalue weighted by atomic mass is 16.6. The van der Waals surface area contributed by atoms with E-state index in [-0.39, 0.29) is 6.03 Å². The van der Waals surface area contributed by atoms with Gasteiger partial charge in [0.1, 0.15) is 6.10 Å². The summed E-state index contributed by atoms with van der Waals surface area (Å²) in [5.74, 6) is -1.18. The lowest BCUT2D eigenvalue weighted by Gasteiger charge is -2.34. The van der Waals surface area contributed by atoms with E-state index >= 15 is 0 Å². The van der Waals surface area contributed by atoms with Crippen molar-refractivity contribution in [2.45, 2.75) is 44.8 Å². The maximum atomic E-state index is 12.0. The van der Waals surface area contributed by atoms with E-state index in [4.69, 9.17) is 14.2 Å². The largest absolute Gasteiger partial charge is 0.456 e. The second-order valence-electron chi connectivity index (χ2n) is 5.17. The number of urea groups is 1. The van der Waals surface area contributed by atoms with E-state index in [9.17, 15) is 19.5 Å². The predicted molar refractivity (Wildman–Crippen MR) is 71.6 cm³/mol. The van der Waals surface area contributed by atoms with Crippen LogP contribution in [0.5, 0.6) is 0 Å². The predicted octanol–water partition coefficient (Wildman–Crippen LogP) is -1.02. The van der Waals surface area contributed by atoms with Crippen molar-refractivity contribution in [3.05, 3.63) is 0 Å². The van der Waals surface area contributed by atoms with Crippen molar-refractivity contribution in [3.63, 3.8) is 0 Å². The molecule has 2 aliphatic rings. The zero-order chi connectivity index (χ0) is 16.3. The Morgan fingerprint density at radius 1 is 1.32 bits per heavy atom. The molecule has 2 saturated heterocycles. The van der Waals surface area contributed by atoms with E-state index in [0.29, 0.717) is 19.5 Å². The maximum Gasteiger partial charge on any atom is 0.319 e. The van der Waals surface area contributed by atoms with Crippen molar-refractivity contribution in [3.8, 4) is 0 Å². The van der Waals surface area contributed by atoms with Crippen LogP contribution in [0.2, 0.25) is 0 Å². The topological polar surface area (TPSA) is 114 Å². The molecule has 0 saturated carbocycles. The Kier molecular flexibility index (Phi) is 5.19. The molecule has 124 valence electrons. The van der Waals surface area contributed by atoms with Crippen LogP contribution in [0.25, 0.3) is 0 Å². The van der Waals surface area contributed by atoms with Gasteiger partial charge in [-0.05, 0) is 6.42 Å². The Hall–Kier alpha value is -1.87. The highest BCUT2D eigenvalue weighted by molar-refractivity contribution is 5.75. The summed E-state index contributed by atoms with van der Waals surface area (Å²) < 4.78 is 15.9. The fraction of sp³-hybridized carbons (Fsp3) is 0.769. The van der Waals surface area contributed by atoms with Crippen LogP contribution >= 0.6 is 0 Å². The van der Waals surface area contributed by atoms with Crippen molar-refractivity contribution < 1.29 is 33.7 Å². The summed E-state index contributed by atoms with van der Waals surface area (Å²) in [7, 11) is 0. The molecule has 0 radical (unpaired) electrons. The van der Waals surface area contributed by atoms with E-state index in [1.54, 1.807) is 0 Å². The molecule has 2 N–H and O–H groups in total. The Morgan fingerprint density at radius 2 is 1.95 bits per heavy atom. The van der Waals surface area contributed by atoms with Crippen molar-refractivity contribution in [1.82, 2.24) is 10.2 Å². The number of rotatable bonds is 4. The molecule has 2 rings (SSSR count). The Morgan fingerprint density at radius 3 is 2.50 bits per heavy atom. The standard InChI is InChI=1S/C13H20N2O7/c1-7(17)20-10-9(6-16)22-12(11(10)21-8(2)18)15-5-3-4-14-13(15)19/h9-12,16H,3-6H2,1-2H3,(H,14,19)/t9-,10-,11+,12-/m1/s1.